The molecule has 4 saturated heterocycles. The zero-order valence-corrected chi connectivity index (χ0v) is 41.3. The molecule has 0 amide bonds. The molecule has 1 aromatic rings. The Hall–Kier alpha value is -3.03. The van der Waals surface area contributed by atoms with Gasteiger partial charge in [0.15, 0.2) is 5.79 Å². The Balaban J connectivity index is 0.000000515. The predicted molar refractivity (Wildman–Crippen MR) is 248 cm³/mol. The third kappa shape index (κ3) is 10.7. The molecule has 1 aliphatic carbocycles. The molecule has 7 rings (SSSR count). The molecule has 0 radical (unpaired) electrons. The van der Waals surface area contributed by atoms with Crippen LogP contribution in [-0.2, 0) is 33.3 Å². The van der Waals surface area contributed by atoms with Crippen LogP contribution in [0.15, 0.2) is 12.2 Å². The number of ketones is 1. The van der Waals surface area contributed by atoms with Crippen molar-refractivity contribution in [3.63, 3.8) is 0 Å². The average molecular weight is 931 g/mol. The number of nitrogens with zero attached hydrogens (tertiary/aromatic N) is 3. The van der Waals surface area contributed by atoms with Crippen molar-refractivity contribution in [1.29, 1.82) is 0 Å². The normalized spacial score (nSPS) is 41.3. The number of hydrogen-bond donors (Lipinski definition) is 7. The zero-order valence-electron chi connectivity index (χ0n) is 41.3. The van der Waals surface area contributed by atoms with Crippen LogP contribution in [0.2, 0.25) is 0 Å². The van der Waals surface area contributed by atoms with Gasteiger partial charge < -0.3 is 60.9 Å². The first-order valence-corrected chi connectivity index (χ1v) is 24.9. The molecule has 2 spiro atoms. The summed E-state index contributed by atoms with van der Waals surface area (Å²) in [6, 6.07) is 0.492. The van der Waals surface area contributed by atoms with Crippen molar-refractivity contribution < 1.29 is 53.7 Å². The first-order valence-electron chi connectivity index (χ1n) is 24.9. The lowest BCUT2D eigenvalue weighted by atomic mass is 9.72. The summed E-state index contributed by atoms with van der Waals surface area (Å²) in [5.74, 6) is -5.01. The third-order valence-corrected chi connectivity index (χ3v) is 16.4. The quantitative estimate of drug-likeness (QED) is 0.105. The maximum Gasteiger partial charge on any atom is 0.309 e. The molecule has 19 atom stereocenters. The number of anilines is 3. The van der Waals surface area contributed by atoms with Crippen LogP contribution in [0, 0.1) is 47.3 Å². The topological polar surface area (TPSA) is 264 Å². The van der Waals surface area contributed by atoms with E-state index in [4.69, 9.17) is 35.2 Å². The number of aliphatic hydroxyl groups is 3. The van der Waals surface area contributed by atoms with Crippen LogP contribution < -0.4 is 16.8 Å². The molecule has 9 N–H and O–H groups in total. The second kappa shape index (κ2) is 20.5. The van der Waals surface area contributed by atoms with Gasteiger partial charge in [0.05, 0.1) is 53.7 Å². The van der Waals surface area contributed by atoms with E-state index in [1.165, 1.54) is 0 Å². The number of aliphatic hydroxyl groups excluding tert-OH is 2. The SMILES string of the molecule is CC[C@@H](C(=O)O)[C@@H]1O[C@@H]([C@@H](C)[C@H](O)[C@H](C)C(=O)[C@H](CC)[C@H]2O[C@]3(C=C[C@@H](O)[C@]4(CC[C@@](C)([C@H]5CC[C@](O)(CC)[C@H](C)O5)O4)O3)[C@H](C)C[C@@H]2C)[C@@H](C)C[C@@H]1C.Nc1nc(N)nc(NC2CC2)n1. The van der Waals surface area contributed by atoms with E-state index in [1.807, 2.05) is 48.5 Å². The maximum absolute atomic E-state index is 14.5. The molecular weight excluding hydrogens is 849 g/mol. The third-order valence-electron chi connectivity index (χ3n) is 16.4. The highest BCUT2D eigenvalue weighted by molar-refractivity contribution is 5.84. The second-order valence-electron chi connectivity index (χ2n) is 21.3. The summed E-state index contributed by atoms with van der Waals surface area (Å²) in [7, 11) is 0. The van der Waals surface area contributed by atoms with Crippen molar-refractivity contribution in [3.8, 4) is 0 Å². The monoisotopic (exact) mass is 931 g/mol. The Morgan fingerprint density at radius 3 is 2.05 bits per heavy atom. The first-order chi connectivity index (χ1) is 31.0. The summed E-state index contributed by atoms with van der Waals surface area (Å²) in [4.78, 5) is 38.0. The maximum atomic E-state index is 14.5. The predicted octanol–water partition coefficient (Wildman–Crippen LogP) is 6.04. The summed E-state index contributed by atoms with van der Waals surface area (Å²) in [6.07, 6.45) is 7.07. The van der Waals surface area contributed by atoms with E-state index in [9.17, 15) is 30.0 Å². The summed E-state index contributed by atoms with van der Waals surface area (Å²) < 4.78 is 33.6. The number of carboxylic acid groups (broad SMARTS) is 1. The molecule has 17 heteroatoms. The Kier molecular flexibility index (Phi) is 16.3. The number of nitrogens with two attached hydrogens (primary N) is 2. The molecule has 66 heavy (non-hydrogen) atoms. The Bertz CT molecular complexity index is 1850. The van der Waals surface area contributed by atoms with E-state index in [-0.39, 0.29) is 59.7 Å². The Morgan fingerprint density at radius 1 is 0.848 bits per heavy atom. The van der Waals surface area contributed by atoms with Crippen LogP contribution in [0.3, 0.4) is 0 Å². The molecule has 0 unspecified atom stereocenters. The largest absolute Gasteiger partial charge is 0.481 e. The Labute approximate surface area is 391 Å². The minimum absolute atomic E-state index is 0.0104. The number of aromatic nitrogens is 3. The van der Waals surface area contributed by atoms with E-state index < -0.39 is 76.8 Å². The number of nitrogen functional groups attached to an aromatic ring is 2. The highest BCUT2D eigenvalue weighted by Gasteiger charge is 2.63. The lowest BCUT2D eigenvalue weighted by Crippen LogP contribution is -2.63. The van der Waals surface area contributed by atoms with Gasteiger partial charge in [-0.2, -0.15) is 15.0 Å². The first kappa shape index (κ1) is 52.3. The van der Waals surface area contributed by atoms with Gasteiger partial charge in [-0.15, -0.1) is 0 Å². The molecule has 1 aromatic heterocycles. The van der Waals surface area contributed by atoms with Crippen molar-refractivity contribution in [1.82, 2.24) is 15.0 Å². The van der Waals surface area contributed by atoms with Gasteiger partial charge in [-0.3, -0.25) is 9.59 Å². The van der Waals surface area contributed by atoms with Crippen molar-refractivity contribution in [2.24, 2.45) is 47.3 Å². The highest BCUT2D eigenvalue weighted by Crippen LogP contribution is 2.54. The van der Waals surface area contributed by atoms with E-state index in [1.54, 1.807) is 19.1 Å². The smallest absolute Gasteiger partial charge is 0.309 e. The van der Waals surface area contributed by atoms with Crippen LogP contribution in [0.1, 0.15) is 147 Å². The van der Waals surface area contributed by atoms with Crippen molar-refractivity contribution in [2.75, 3.05) is 16.8 Å². The molecule has 0 aromatic carbocycles. The fourth-order valence-corrected chi connectivity index (χ4v) is 11.8. The summed E-state index contributed by atoms with van der Waals surface area (Å²) in [5, 5.41) is 47.2. The lowest BCUT2D eigenvalue weighted by Gasteiger charge is -2.54. The molecule has 6 aliphatic rings. The van der Waals surface area contributed by atoms with Gasteiger partial charge >= 0.3 is 5.97 Å². The fraction of sp³-hybridized carbons (Fsp3) is 0.857. The van der Waals surface area contributed by atoms with Crippen molar-refractivity contribution >= 4 is 29.6 Å². The molecule has 0 bridgehead atoms. The van der Waals surface area contributed by atoms with Gasteiger partial charge in [0.25, 0.3) is 0 Å². The molecule has 5 fully saturated rings. The molecule has 1 saturated carbocycles. The van der Waals surface area contributed by atoms with E-state index in [0.717, 1.165) is 19.3 Å². The number of nitrogens with one attached hydrogen (secondary N) is 1. The number of hydrogen-bond acceptors (Lipinski definition) is 16. The second-order valence-corrected chi connectivity index (χ2v) is 21.3. The van der Waals surface area contributed by atoms with Gasteiger partial charge in [0.2, 0.25) is 23.6 Å². The number of ether oxygens (including phenoxy) is 5. The molecule has 5 aliphatic heterocycles. The van der Waals surface area contributed by atoms with Gasteiger partial charge in [0, 0.05) is 36.1 Å². The van der Waals surface area contributed by atoms with Crippen LogP contribution in [0.25, 0.3) is 0 Å². The van der Waals surface area contributed by atoms with Gasteiger partial charge in [0.1, 0.15) is 11.9 Å². The van der Waals surface area contributed by atoms with Gasteiger partial charge in [-0.1, -0.05) is 62.3 Å². The summed E-state index contributed by atoms with van der Waals surface area (Å²) >= 11 is 0. The highest BCUT2D eigenvalue weighted by atomic mass is 16.8. The number of rotatable bonds is 14. The van der Waals surface area contributed by atoms with Crippen LogP contribution >= 0.6 is 0 Å². The van der Waals surface area contributed by atoms with Crippen LogP contribution in [0.4, 0.5) is 17.8 Å². The minimum Gasteiger partial charge on any atom is -0.481 e. The average Bonchev–Trinajstić information content (AvgIpc) is 4.01. The van der Waals surface area contributed by atoms with Gasteiger partial charge in [-0.25, -0.2) is 0 Å². The zero-order chi connectivity index (χ0) is 48.7. The number of aliphatic carboxylic acids is 1. The fourth-order valence-electron chi connectivity index (χ4n) is 11.8. The molecule has 17 nitrogen and oxygen atoms in total. The number of carboxylic acids is 1. The minimum atomic E-state index is -1.37. The van der Waals surface area contributed by atoms with Crippen molar-refractivity contribution in [3.05, 3.63) is 12.2 Å². The molecular formula is C49H82N6O11. The number of Topliss-reactive ketones (excluding diaryl/α,β-unsaturated/α-hetero) is 1. The summed E-state index contributed by atoms with van der Waals surface area (Å²) in [5.41, 5.74) is 9.11. The molecule has 374 valence electrons. The van der Waals surface area contributed by atoms with Gasteiger partial charge in [-0.05, 0) is 108 Å². The summed E-state index contributed by atoms with van der Waals surface area (Å²) in [6.45, 7) is 21.7. The standard InChI is InChI=1S/C43H72O11.C6H10N6/c1-12-30(35(46)27(8)34(45)28(9)36-23(4)21-24(5)37(51-36)31(13-2)39(47)48)38-25(6)22-26(7)42(52-38)18-15-32(44)43(54-42)20-19-40(11,53-43)33-16-17-41(49,14-3)29(10)50-33;7-4-10-5(8)12-6(11-4)9-3-1-2-3/h15,18,23-34,36-38,44-45,49H,12-14,16-17,19-22H2,1-11H3,(H,47,48);3H,1-2H2,(H5,7,8,9,10,11,12)/t23-,24-,25-,26+,27-,28-,29-,30-,31+,32+,33+,34+,36+,37+,38-,40-,41+,42-,43-;/m0./s1. The number of carbonyl (C=O) groups excluding carboxylic acids is 1. The Morgan fingerprint density at radius 2 is 1.47 bits per heavy atom. The van der Waals surface area contributed by atoms with Crippen molar-refractivity contribution in [2.45, 2.75) is 218 Å². The van der Waals surface area contributed by atoms with E-state index in [0.29, 0.717) is 63.4 Å². The number of carbonyl (C=O) groups is 2. The van der Waals surface area contributed by atoms with E-state index >= 15 is 0 Å². The molecule has 6 heterocycles. The van der Waals surface area contributed by atoms with Crippen LogP contribution in [0.5, 0.6) is 0 Å². The lowest BCUT2D eigenvalue weighted by molar-refractivity contribution is -0.409. The van der Waals surface area contributed by atoms with Crippen LogP contribution in [-0.4, -0.2) is 119 Å². The van der Waals surface area contributed by atoms with E-state index in [2.05, 4.69) is 41.0 Å².